The average Bonchev–Trinajstić information content (AvgIpc) is 2.47. The Labute approximate surface area is 83.3 Å². The van der Waals surface area contributed by atoms with E-state index in [1.54, 1.807) is 12.4 Å². The Kier molecular flexibility index (Phi) is 3.17. The number of aryl methyl sites for hydroxylation is 1. The van der Waals surface area contributed by atoms with Crippen molar-refractivity contribution in [3.05, 3.63) is 12.3 Å². The third-order valence-corrected chi connectivity index (χ3v) is 1.51. The smallest absolute Gasteiger partial charge is 0.329 e. The minimum absolute atomic E-state index is 0.315. The van der Waals surface area contributed by atoms with Crippen LogP contribution in [0.4, 0.5) is 23.8 Å². The number of urea groups is 1. The molecule has 0 bridgehead atoms. The lowest BCUT2D eigenvalue weighted by Gasteiger charge is -2.09. The third-order valence-electron chi connectivity index (χ3n) is 1.51. The second-order valence-corrected chi connectivity index (χ2v) is 2.76. The van der Waals surface area contributed by atoms with E-state index in [-0.39, 0.29) is 0 Å². The van der Waals surface area contributed by atoms with E-state index in [1.807, 2.05) is 0 Å². The third kappa shape index (κ3) is 3.88. The number of carbonyl (C=O) groups excluding carboxylic acids is 1. The number of halogens is 3. The highest BCUT2D eigenvalue weighted by atomic mass is 19.4. The van der Waals surface area contributed by atoms with Gasteiger partial charge in [-0.2, -0.15) is 18.3 Å². The van der Waals surface area contributed by atoms with Crippen molar-refractivity contribution in [1.82, 2.24) is 15.1 Å². The van der Waals surface area contributed by atoms with Crippen LogP contribution >= 0.6 is 0 Å². The maximum absolute atomic E-state index is 11.7. The molecule has 0 fully saturated rings. The van der Waals surface area contributed by atoms with Crippen LogP contribution in [0.3, 0.4) is 0 Å². The summed E-state index contributed by atoms with van der Waals surface area (Å²) in [5.41, 5.74) is 0. The number of aromatic nitrogens is 2. The number of alkyl halides is 3. The Morgan fingerprint density at radius 3 is 2.73 bits per heavy atom. The maximum Gasteiger partial charge on any atom is 0.405 e. The molecule has 0 atom stereocenters. The van der Waals surface area contributed by atoms with Crippen LogP contribution in [0.2, 0.25) is 0 Å². The molecule has 0 aliphatic heterocycles. The van der Waals surface area contributed by atoms with Gasteiger partial charge in [0.1, 0.15) is 12.4 Å². The van der Waals surface area contributed by atoms with E-state index in [2.05, 4.69) is 10.4 Å². The van der Waals surface area contributed by atoms with Crippen LogP contribution in [0.25, 0.3) is 0 Å². The lowest BCUT2D eigenvalue weighted by atomic mass is 10.6. The quantitative estimate of drug-likeness (QED) is 0.787. The number of anilines is 1. The molecule has 1 rings (SSSR count). The Hall–Kier alpha value is -1.73. The molecular weight excluding hydrogens is 213 g/mol. The molecular formula is C7H9F3N4O. The molecule has 84 valence electrons. The van der Waals surface area contributed by atoms with Crippen LogP contribution in [-0.4, -0.2) is 28.5 Å². The van der Waals surface area contributed by atoms with Gasteiger partial charge in [-0.3, -0.25) is 10.00 Å². The van der Waals surface area contributed by atoms with Crippen LogP contribution in [0.5, 0.6) is 0 Å². The van der Waals surface area contributed by atoms with Gasteiger partial charge in [0.15, 0.2) is 0 Å². The first-order chi connectivity index (χ1) is 6.88. The zero-order valence-corrected chi connectivity index (χ0v) is 7.80. The first kappa shape index (κ1) is 11.3. The van der Waals surface area contributed by atoms with Gasteiger partial charge in [0.2, 0.25) is 0 Å². The lowest BCUT2D eigenvalue weighted by Crippen LogP contribution is -2.37. The van der Waals surface area contributed by atoms with E-state index >= 15 is 0 Å². The number of rotatable bonds is 2. The van der Waals surface area contributed by atoms with Gasteiger partial charge in [0, 0.05) is 13.1 Å². The molecule has 5 nitrogen and oxygen atoms in total. The minimum atomic E-state index is -4.41. The summed E-state index contributed by atoms with van der Waals surface area (Å²) >= 11 is 0. The van der Waals surface area contributed by atoms with Crippen LogP contribution in [0.1, 0.15) is 0 Å². The van der Waals surface area contributed by atoms with E-state index in [1.165, 1.54) is 16.9 Å². The Morgan fingerprint density at radius 1 is 1.60 bits per heavy atom. The van der Waals surface area contributed by atoms with Crippen molar-refractivity contribution in [2.24, 2.45) is 7.05 Å². The molecule has 1 aromatic rings. The first-order valence-corrected chi connectivity index (χ1v) is 3.98. The zero-order chi connectivity index (χ0) is 11.5. The SMILES string of the molecule is Cn1nccc1NC(=O)NCC(F)(F)F. The van der Waals surface area contributed by atoms with Crippen LogP contribution in [0, 0.1) is 0 Å². The lowest BCUT2D eigenvalue weighted by molar-refractivity contribution is -0.122. The first-order valence-electron chi connectivity index (χ1n) is 3.98. The van der Waals surface area contributed by atoms with Crippen molar-refractivity contribution < 1.29 is 18.0 Å². The molecule has 0 saturated carbocycles. The summed E-state index contributed by atoms with van der Waals surface area (Å²) in [6.07, 6.45) is -3.00. The summed E-state index contributed by atoms with van der Waals surface area (Å²) in [6, 6.07) is 0.545. The molecule has 0 saturated heterocycles. The van der Waals surface area contributed by atoms with Gasteiger partial charge < -0.3 is 5.32 Å². The van der Waals surface area contributed by atoms with E-state index in [4.69, 9.17) is 0 Å². The van der Waals surface area contributed by atoms with Gasteiger partial charge in [0.05, 0.1) is 6.20 Å². The molecule has 0 radical (unpaired) electrons. The van der Waals surface area contributed by atoms with Gasteiger partial charge in [0.25, 0.3) is 0 Å². The number of hydrogen-bond acceptors (Lipinski definition) is 2. The molecule has 0 aromatic carbocycles. The number of nitrogens with zero attached hydrogens (tertiary/aromatic N) is 2. The fourth-order valence-electron chi connectivity index (χ4n) is 0.838. The largest absolute Gasteiger partial charge is 0.405 e. The van der Waals surface area contributed by atoms with Crippen molar-refractivity contribution >= 4 is 11.8 Å². The van der Waals surface area contributed by atoms with Gasteiger partial charge >= 0.3 is 12.2 Å². The minimum Gasteiger partial charge on any atom is -0.329 e. The second kappa shape index (κ2) is 4.20. The van der Waals surface area contributed by atoms with Crippen molar-refractivity contribution in [1.29, 1.82) is 0 Å². The maximum atomic E-state index is 11.7. The average molecular weight is 222 g/mol. The molecule has 0 aliphatic carbocycles. The summed E-state index contributed by atoms with van der Waals surface area (Å²) < 4.78 is 36.5. The van der Waals surface area contributed by atoms with Gasteiger partial charge in [-0.15, -0.1) is 0 Å². The van der Waals surface area contributed by atoms with Crippen LogP contribution < -0.4 is 10.6 Å². The molecule has 0 unspecified atom stereocenters. The van der Waals surface area contributed by atoms with Gasteiger partial charge in [-0.25, -0.2) is 4.79 Å². The fraction of sp³-hybridized carbons (Fsp3) is 0.429. The normalized spacial score (nSPS) is 11.2. The molecule has 0 spiro atoms. The van der Waals surface area contributed by atoms with Crippen LogP contribution in [-0.2, 0) is 7.05 Å². The summed E-state index contributed by atoms with van der Waals surface area (Å²) in [6.45, 7) is -1.36. The van der Waals surface area contributed by atoms with Crippen molar-refractivity contribution in [2.45, 2.75) is 6.18 Å². The van der Waals surface area contributed by atoms with E-state index in [9.17, 15) is 18.0 Å². The summed E-state index contributed by atoms with van der Waals surface area (Å²) in [7, 11) is 1.55. The number of hydrogen-bond donors (Lipinski definition) is 2. The molecule has 2 N–H and O–H groups in total. The van der Waals surface area contributed by atoms with Gasteiger partial charge in [-0.05, 0) is 0 Å². The van der Waals surface area contributed by atoms with E-state index < -0.39 is 18.8 Å². The van der Waals surface area contributed by atoms with E-state index in [0.29, 0.717) is 5.82 Å². The highest BCUT2D eigenvalue weighted by molar-refractivity contribution is 5.88. The number of nitrogens with one attached hydrogen (secondary N) is 2. The predicted octanol–water partition coefficient (Wildman–Crippen LogP) is 1.10. The number of carbonyl (C=O) groups is 1. The summed E-state index contributed by atoms with van der Waals surface area (Å²) in [5, 5.41) is 7.62. The van der Waals surface area contributed by atoms with Crippen molar-refractivity contribution in [3.63, 3.8) is 0 Å². The molecule has 15 heavy (non-hydrogen) atoms. The molecule has 0 aliphatic rings. The Bertz CT molecular complexity index is 346. The molecule has 1 aromatic heterocycles. The van der Waals surface area contributed by atoms with Crippen molar-refractivity contribution in [3.8, 4) is 0 Å². The summed E-state index contributed by atoms with van der Waals surface area (Å²) in [4.78, 5) is 10.9. The van der Waals surface area contributed by atoms with Crippen LogP contribution in [0.15, 0.2) is 12.3 Å². The van der Waals surface area contributed by atoms with Gasteiger partial charge in [-0.1, -0.05) is 0 Å². The fourth-order valence-corrected chi connectivity index (χ4v) is 0.838. The van der Waals surface area contributed by atoms with E-state index in [0.717, 1.165) is 0 Å². The number of amides is 2. The topological polar surface area (TPSA) is 59.0 Å². The Balaban J connectivity index is 2.41. The molecule has 8 heteroatoms. The highest BCUT2D eigenvalue weighted by Gasteiger charge is 2.27. The second-order valence-electron chi connectivity index (χ2n) is 2.76. The standard InChI is InChI=1S/C7H9F3N4O/c1-14-5(2-3-12-14)13-6(15)11-4-7(8,9)10/h2-3H,4H2,1H3,(H2,11,13,15). The Morgan fingerprint density at radius 2 is 2.27 bits per heavy atom. The predicted molar refractivity (Wildman–Crippen MR) is 46.3 cm³/mol. The zero-order valence-electron chi connectivity index (χ0n) is 7.80. The monoisotopic (exact) mass is 222 g/mol. The summed E-state index contributed by atoms with van der Waals surface area (Å²) in [5.74, 6) is 0.315. The molecule has 1 heterocycles. The van der Waals surface area contributed by atoms with Crippen molar-refractivity contribution in [2.75, 3.05) is 11.9 Å². The highest BCUT2D eigenvalue weighted by Crippen LogP contribution is 2.12. The molecule has 2 amide bonds.